The van der Waals surface area contributed by atoms with Crippen LogP contribution in [0.25, 0.3) is 0 Å². The number of hydrogen-bond donors (Lipinski definition) is 0. The fourth-order valence-electron chi connectivity index (χ4n) is 2.19. The third-order valence-corrected chi connectivity index (χ3v) is 3.08. The van der Waals surface area contributed by atoms with E-state index in [-0.39, 0.29) is 0 Å². The van der Waals surface area contributed by atoms with Gasteiger partial charge in [-0.2, -0.15) is 0 Å². The molecule has 0 saturated heterocycles. The zero-order chi connectivity index (χ0) is 13.7. The second kappa shape index (κ2) is 6.44. The van der Waals surface area contributed by atoms with Gasteiger partial charge in [-0.15, -0.1) is 0 Å². The number of hydrogen-bond acceptors (Lipinski definition) is 2. The summed E-state index contributed by atoms with van der Waals surface area (Å²) in [5.41, 5.74) is 3.62. The highest BCUT2D eigenvalue weighted by Crippen LogP contribution is 2.21. The van der Waals surface area contributed by atoms with E-state index in [1.165, 1.54) is 11.1 Å². The van der Waals surface area contributed by atoms with E-state index in [9.17, 15) is 0 Å². The van der Waals surface area contributed by atoms with Gasteiger partial charge in [0.1, 0.15) is 5.75 Å². The Balaban J connectivity index is 2.06. The van der Waals surface area contributed by atoms with E-state index in [1.54, 1.807) is 0 Å². The van der Waals surface area contributed by atoms with Crippen LogP contribution in [0, 0.1) is 6.92 Å². The van der Waals surface area contributed by atoms with Crippen molar-refractivity contribution in [2.75, 3.05) is 7.05 Å². The van der Waals surface area contributed by atoms with Gasteiger partial charge in [-0.05, 0) is 25.6 Å². The van der Waals surface area contributed by atoms with Crippen molar-refractivity contribution in [3.8, 4) is 5.75 Å². The van der Waals surface area contributed by atoms with Gasteiger partial charge in [0.15, 0.2) is 0 Å². The maximum atomic E-state index is 5.31. The van der Waals surface area contributed by atoms with E-state index >= 15 is 0 Å². The average molecular weight is 251 g/mol. The van der Waals surface area contributed by atoms with Crippen LogP contribution in [-0.2, 0) is 13.1 Å². The molecule has 0 saturated carbocycles. The molecule has 0 heterocycles. The Morgan fingerprint density at radius 3 is 2.47 bits per heavy atom. The van der Waals surface area contributed by atoms with Crippen molar-refractivity contribution in [1.82, 2.24) is 4.90 Å². The van der Waals surface area contributed by atoms with Gasteiger partial charge in [0.05, 0.1) is 0 Å². The molecule has 3 heteroatoms. The molecule has 0 aromatic heterocycles. The summed E-state index contributed by atoms with van der Waals surface area (Å²) >= 11 is 0. The number of rotatable bonds is 5. The standard InChI is InChI=1S/C16H18BNO/c1-13-8-9-16(19-17)15(10-13)12-18(2)11-14-6-4-3-5-7-14/h3-10H,11-12H2,1-2H3. The zero-order valence-electron chi connectivity index (χ0n) is 11.5. The lowest BCUT2D eigenvalue weighted by molar-refractivity contribution is 0.316. The molecule has 0 amide bonds. The summed E-state index contributed by atoms with van der Waals surface area (Å²) in [7, 11) is 7.40. The summed E-state index contributed by atoms with van der Waals surface area (Å²) in [5.74, 6) is 0.741. The van der Waals surface area contributed by atoms with Crippen molar-refractivity contribution in [2.24, 2.45) is 0 Å². The maximum absolute atomic E-state index is 5.31. The van der Waals surface area contributed by atoms with Crippen LogP contribution in [0.15, 0.2) is 48.5 Å². The molecule has 2 rings (SSSR count). The molecule has 0 unspecified atom stereocenters. The second-order valence-corrected chi connectivity index (χ2v) is 4.89. The van der Waals surface area contributed by atoms with Crippen LogP contribution in [-0.4, -0.2) is 20.0 Å². The third-order valence-electron chi connectivity index (χ3n) is 3.08. The van der Waals surface area contributed by atoms with E-state index in [2.05, 4.69) is 49.2 Å². The Hall–Kier alpha value is -1.74. The highest BCUT2D eigenvalue weighted by Gasteiger charge is 2.07. The monoisotopic (exact) mass is 251 g/mol. The van der Waals surface area contributed by atoms with Crippen LogP contribution < -0.4 is 4.65 Å². The van der Waals surface area contributed by atoms with Gasteiger partial charge in [0.25, 0.3) is 0 Å². The van der Waals surface area contributed by atoms with E-state index in [0.29, 0.717) is 0 Å². The van der Waals surface area contributed by atoms with Gasteiger partial charge < -0.3 is 4.65 Å². The molecule has 0 N–H and O–H groups in total. The topological polar surface area (TPSA) is 12.5 Å². The first-order valence-corrected chi connectivity index (χ1v) is 6.38. The molecule has 19 heavy (non-hydrogen) atoms. The molecule has 0 aliphatic rings. The van der Waals surface area contributed by atoms with Gasteiger partial charge in [-0.25, -0.2) is 0 Å². The minimum atomic E-state index is 0.741. The predicted molar refractivity (Wildman–Crippen MR) is 79.2 cm³/mol. The molecule has 2 aromatic rings. The van der Waals surface area contributed by atoms with Crippen LogP contribution in [0.4, 0.5) is 0 Å². The average Bonchev–Trinajstić information content (AvgIpc) is 2.40. The van der Waals surface area contributed by atoms with Crippen LogP contribution >= 0.6 is 0 Å². The van der Waals surface area contributed by atoms with Crippen molar-refractivity contribution in [2.45, 2.75) is 20.0 Å². The minimum absolute atomic E-state index is 0.741. The lowest BCUT2D eigenvalue weighted by atomic mass is 10.1. The number of nitrogens with zero attached hydrogens (tertiary/aromatic N) is 1. The number of benzene rings is 2. The van der Waals surface area contributed by atoms with Crippen molar-refractivity contribution in [3.63, 3.8) is 0 Å². The molecular weight excluding hydrogens is 233 g/mol. The predicted octanol–water partition coefficient (Wildman–Crippen LogP) is 3.09. The first-order valence-electron chi connectivity index (χ1n) is 6.38. The summed E-state index contributed by atoms with van der Waals surface area (Å²) in [4.78, 5) is 2.24. The van der Waals surface area contributed by atoms with E-state index in [4.69, 9.17) is 12.7 Å². The zero-order valence-corrected chi connectivity index (χ0v) is 11.5. The quantitative estimate of drug-likeness (QED) is 0.757. The first kappa shape index (κ1) is 13.7. The van der Waals surface area contributed by atoms with Crippen LogP contribution in [0.2, 0.25) is 0 Å². The Morgan fingerprint density at radius 2 is 1.79 bits per heavy atom. The van der Waals surface area contributed by atoms with Crippen molar-refractivity contribution >= 4 is 8.05 Å². The second-order valence-electron chi connectivity index (χ2n) is 4.89. The van der Waals surface area contributed by atoms with Crippen molar-refractivity contribution in [3.05, 3.63) is 65.2 Å². The largest absolute Gasteiger partial charge is 0.568 e. The van der Waals surface area contributed by atoms with Crippen LogP contribution in [0.3, 0.4) is 0 Å². The van der Waals surface area contributed by atoms with E-state index in [0.717, 1.165) is 24.4 Å². The summed E-state index contributed by atoms with van der Waals surface area (Å²) in [6, 6.07) is 16.5. The molecule has 0 aliphatic heterocycles. The first-order chi connectivity index (χ1) is 9.19. The summed E-state index contributed by atoms with van der Waals surface area (Å²) in [5, 5.41) is 0. The Bertz CT molecular complexity index is 528. The molecule has 2 aromatic carbocycles. The molecular formula is C16H18BNO. The van der Waals surface area contributed by atoms with Gasteiger partial charge in [0.2, 0.25) is 0 Å². The smallest absolute Gasteiger partial charge is 0.374 e. The fraction of sp³-hybridized carbons (Fsp3) is 0.250. The molecule has 0 spiro atoms. The van der Waals surface area contributed by atoms with E-state index < -0.39 is 0 Å². The number of aryl methyl sites for hydroxylation is 1. The SMILES string of the molecule is [B]Oc1ccc(C)cc1CN(C)Cc1ccccc1. The van der Waals surface area contributed by atoms with Crippen LogP contribution in [0.1, 0.15) is 16.7 Å². The molecule has 2 radical (unpaired) electrons. The lowest BCUT2D eigenvalue weighted by Crippen LogP contribution is -2.17. The summed E-state index contributed by atoms with van der Waals surface area (Å²) in [6.07, 6.45) is 0. The Labute approximate surface area is 116 Å². The van der Waals surface area contributed by atoms with Gasteiger partial charge in [0, 0.05) is 18.7 Å². The highest BCUT2D eigenvalue weighted by molar-refractivity contribution is 6.00. The lowest BCUT2D eigenvalue weighted by Gasteiger charge is -2.19. The molecule has 0 atom stereocenters. The van der Waals surface area contributed by atoms with Gasteiger partial charge >= 0.3 is 8.05 Å². The summed E-state index contributed by atoms with van der Waals surface area (Å²) < 4.78 is 4.92. The molecule has 0 fully saturated rings. The van der Waals surface area contributed by atoms with Crippen molar-refractivity contribution < 1.29 is 4.65 Å². The molecule has 2 nitrogen and oxygen atoms in total. The Kier molecular flexibility index (Phi) is 4.64. The maximum Gasteiger partial charge on any atom is 0.374 e. The molecule has 0 aliphatic carbocycles. The van der Waals surface area contributed by atoms with Gasteiger partial charge in [-0.1, -0.05) is 48.0 Å². The van der Waals surface area contributed by atoms with Gasteiger partial charge in [-0.3, -0.25) is 4.90 Å². The Morgan fingerprint density at radius 1 is 1.05 bits per heavy atom. The molecule has 96 valence electrons. The molecule has 0 bridgehead atoms. The third kappa shape index (κ3) is 3.86. The summed E-state index contributed by atoms with van der Waals surface area (Å²) in [6.45, 7) is 3.78. The minimum Gasteiger partial charge on any atom is -0.568 e. The highest BCUT2D eigenvalue weighted by atomic mass is 16.4. The fourth-order valence-corrected chi connectivity index (χ4v) is 2.19. The van der Waals surface area contributed by atoms with Crippen LogP contribution in [0.5, 0.6) is 5.75 Å². The normalized spacial score (nSPS) is 10.7. The van der Waals surface area contributed by atoms with E-state index in [1.807, 2.05) is 18.2 Å². The van der Waals surface area contributed by atoms with Crippen molar-refractivity contribution in [1.29, 1.82) is 0 Å².